The van der Waals surface area contributed by atoms with Crippen LogP contribution in [0.4, 0.5) is 13.2 Å². The number of hydrogen-bond acceptors (Lipinski definition) is 7. The minimum atomic E-state index is -4.74. The summed E-state index contributed by atoms with van der Waals surface area (Å²) in [6.07, 6.45) is -3.99. The molecule has 0 bridgehead atoms. The second kappa shape index (κ2) is 7.83. The monoisotopic (exact) mass is 497 g/mol. The van der Waals surface area contributed by atoms with E-state index in [2.05, 4.69) is 4.98 Å². The molecule has 1 unspecified atom stereocenters. The molecule has 1 aliphatic heterocycles. The van der Waals surface area contributed by atoms with Gasteiger partial charge in [0, 0.05) is 18.1 Å². The fourth-order valence-corrected chi connectivity index (χ4v) is 5.69. The number of rotatable bonds is 4. The lowest BCUT2D eigenvalue weighted by Crippen LogP contribution is -2.38. The number of hydrogen-bond donors (Lipinski definition) is 3. The molecule has 3 aromatic rings. The average molecular weight is 497 g/mol. The number of para-hydroxylation sites is 1. The number of carbonyl (C=O) groups is 2. The maximum absolute atomic E-state index is 13.3. The van der Waals surface area contributed by atoms with E-state index < -0.39 is 68.8 Å². The van der Waals surface area contributed by atoms with E-state index in [1.807, 2.05) is 5.32 Å². The van der Waals surface area contributed by atoms with E-state index in [1.54, 1.807) is 0 Å². The Morgan fingerprint density at radius 2 is 1.91 bits per heavy atom. The van der Waals surface area contributed by atoms with Crippen LogP contribution in [0.3, 0.4) is 0 Å². The lowest BCUT2D eigenvalue weighted by atomic mass is 10.1. The van der Waals surface area contributed by atoms with Gasteiger partial charge in [0.25, 0.3) is 11.5 Å². The zero-order valence-electron chi connectivity index (χ0n) is 16.8. The Labute approximate surface area is 188 Å². The number of nitrogens with one attached hydrogen (secondary N) is 1. The maximum Gasteiger partial charge on any atom is 0.433 e. The van der Waals surface area contributed by atoms with Gasteiger partial charge in [-0.1, -0.05) is 12.1 Å². The molecular formula is C20H14F3N3O7S. The Balaban J connectivity index is 1.91. The normalized spacial score (nSPS) is 16.9. The first-order valence-electron chi connectivity index (χ1n) is 9.49. The third-order valence-electron chi connectivity index (χ3n) is 5.33. The quantitative estimate of drug-likeness (QED) is 0.489. The van der Waals surface area contributed by atoms with Crippen LogP contribution in [0.25, 0.3) is 10.9 Å². The van der Waals surface area contributed by atoms with Gasteiger partial charge in [0.1, 0.15) is 28.8 Å². The van der Waals surface area contributed by atoms with Crippen LogP contribution in [-0.4, -0.2) is 46.6 Å². The first-order chi connectivity index (χ1) is 15.8. The van der Waals surface area contributed by atoms with E-state index in [9.17, 15) is 41.1 Å². The van der Waals surface area contributed by atoms with E-state index in [-0.39, 0.29) is 21.4 Å². The molecule has 1 atom stereocenters. The number of carboxylic acid groups (broad SMARTS) is 1. The van der Waals surface area contributed by atoms with Gasteiger partial charge < -0.3 is 20.1 Å². The highest BCUT2D eigenvalue weighted by Gasteiger charge is 2.39. The van der Waals surface area contributed by atoms with Crippen LogP contribution >= 0.6 is 0 Å². The first kappa shape index (κ1) is 23.2. The molecule has 4 rings (SSSR count). The van der Waals surface area contributed by atoms with Crippen molar-refractivity contribution in [1.29, 1.82) is 0 Å². The molecule has 3 heterocycles. The smallest absolute Gasteiger partial charge is 0.433 e. The molecule has 3 N–H and O–H groups in total. The fraction of sp³-hybridized carbons (Fsp3) is 0.200. The van der Waals surface area contributed by atoms with E-state index >= 15 is 0 Å². The van der Waals surface area contributed by atoms with Crippen molar-refractivity contribution in [3.63, 3.8) is 0 Å². The molecule has 0 fully saturated rings. The van der Waals surface area contributed by atoms with Crippen molar-refractivity contribution in [1.82, 2.24) is 14.9 Å². The Morgan fingerprint density at radius 3 is 2.50 bits per heavy atom. The molecular weight excluding hydrogens is 483 g/mol. The van der Waals surface area contributed by atoms with Crippen molar-refractivity contribution in [2.24, 2.45) is 0 Å². The van der Waals surface area contributed by atoms with Gasteiger partial charge in [-0.15, -0.1) is 0 Å². The molecule has 2 aromatic heterocycles. The summed E-state index contributed by atoms with van der Waals surface area (Å²) in [5.41, 5.74) is -3.43. The number of amides is 1. The van der Waals surface area contributed by atoms with E-state index in [0.717, 1.165) is 16.8 Å². The highest BCUT2D eigenvalue weighted by molar-refractivity contribution is 7.92. The zero-order valence-corrected chi connectivity index (χ0v) is 17.6. The topological polar surface area (TPSA) is 156 Å². The Morgan fingerprint density at radius 1 is 1.21 bits per heavy atom. The van der Waals surface area contributed by atoms with E-state index in [0.29, 0.717) is 6.07 Å². The number of benzene rings is 1. The number of sulfone groups is 1. The summed E-state index contributed by atoms with van der Waals surface area (Å²) in [6.45, 7) is -1.43. The summed E-state index contributed by atoms with van der Waals surface area (Å²) < 4.78 is 66.1. The predicted octanol–water partition coefficient (Wildman–Crippen LogP) is 1.46. The highest BCUT2D eigenvalue weighted by atomic mass is 32.2. The standard InChI is InChI=1S/C20H14F3N3O7S/c21-20(22,23)13-5-4-9(6-24-13)12-8-26-16-10(2-1-3-11(16)34(12,32)33)17(29)15(19(26)31)18(30)25-7-14(27)28/h1-6,12,29H,7-8H2,(H,25,30)(H,27,28). The average Bonchev–Trinajstić information content (AvgIpc) is 2.76. The van der Waals surface area contributed by atoms with Crippen LogP contribution in [0.2, 0.25) is 0 Å². The molecule has 0 saturated carbocycles. The number of carbonyl (C=O) groups excluding carboxylic acids is 1. The summed E-state index contributed by atoms with van der Waals surface area (Å²) >= 11 is 0. The molecule has 0 aliphatic carbocycles. The van der Waals surface area contributed by atoms with Crippen molar-refractivity contribution >= 4 is 32.6 Å². The van der Waals surface area contributed by atoms with Crippen LogP contribution in [0.5, 0.6) is 5.75 Å². The maximum atomic E-state index is 13.3. The molecule has 1 amide bonds. The third kappa shape index (κ3) is 3.65. The lowest BCUT2D eigenvalue weighted by molar-refractivity contribution is -0.141. The van der Waals surface area contributed by atoms with Crippen LogP contribution in [0.15, 0.2) is 46.2 Å². The Kier molecular flexibility index (Phi) is 5.35. The van der Waals surface area contributed by atoms with Crippen LogP contribution in [0.1, 0.15) is 26.9 Å². The summed E-state index contributed by atoms with van der Waals surface area (Å²) in [5.74, 6) is -3.42. The molecule has 0 saturated heterocycles. The summed E-state index contributed by atoms with van der Waals surface area (Å²) in [5, 5.41) is 19.6. The molecule has 178 valence electrons. The predicted molar refractivity (Wildman–Crippen MR) is 109 cm³/mol. The third-order valence-corrected chi connectivity index (χ3v) is 7.44. The van der Waals surface area contributed by atoms with Crippen LogP contribution in [-0.2, 0) is 27.4 Å². The van der Waals surface area contributed by atoms with Crippen LogP contribution < -0.4 is 10.9 Å². The first-order valence-corrected chi connectivity index (χ1v) is 11.0. The van der Waals surface area contributed by atoms with Crippen molar-refractivity contribution in [3.8, 4) is 5.75 Å². The molecule has 0 radical (unpaired) electrons. The highest BCUT2D eigenvalue weighted by Crippen LogP contribution is 2.41. The number of aromatic hydroxyl groups is 1. The second-order valence-electron chi connectivity index (χ2n) is 7.38. The van der Waals surface area contributed by atoms with Crippen molar-refractivity contribution in [2.75, 3.05) is 6.54 Å². The Bertz CT molecular complexity index is 1510. The number of aliphatic carboxylic acids is 1. The van der Waals surface area contributed by atoms with E-state index in [1.165, 1.54) is 18.2 Å². The van der Waals surface area contributed by atoms with Gasteiger partial charge in [0.2, 0.25) is 0 Å². The van der Waals surface area contributed by atoms with Crippen LogP contribution in [0, 0.1) is 0 Å². The lowest BCUT2D eigenvalue weighted by Gasteiger charge is -2.28. The summed E-state index contributed by atoms with van der Waals surface area (Å²) in [7, 11) is -4.25. The molecule has 1 aliphatic rings. The van der Waals surface area contributed by atoms with Gasteiger partial charge in [-0.2, -0.15) is 13.2 Å². The Hall–Kier alpha value is -3.94. The number of carboxylic acids is 1. The van der Waals surface area contributed by atoms with Crippen molar-refractivity contribution < 1.29 is 41.4 Å². The molecule has 1 aromatic carbocycles. The molecule has 14 heteroatoms. The summed E-state index contributed by atoms with van der Waals surface area (Å²) in [6, 6.07) is 5.25. The fourth-order valence-electron chi connectivity index (χ4n) is 3.78. The van der Waals surface area contributed by atoms with Gasteiger partial charge in [0.15, 0.2) is 9.84 Å². The SMILES string of the molecule is O=C(O)CNC(=O)c1c(O)c2cccc3c2n(c1=O)CC(c1ccc(C(F)(F)F)nc1)S3(=O)=O. The summed E-state index contributed by atoms with van der Waals surface area (Å²) in [4.78, 5) is 39.2. The largest absolute Gasteiger partial charge is 0.506 e. The number of pyridine rings is 2. The number of alkyl halides is 3. The van der Waals surface area contributed by atoms with E-state index in [4.69, 9.17) is 5.11 Å². The molecule has 34 heavy (non-hydrogen) atoms. The van der Waals surface area contributed by atoms with Crippen molar-refractivity contribution in [3.05, 3.63) is 63.7 Å². The van der Waals surface area contributed by atoms with Gasteiger partial charge >= 0.3 is 12.1 Å². The van der Waals surface area contributed by atoms with Gasteiger partial charge in [-0.25, -0.2) is 8.42 Å². The second-order valence-corrected chi connectivity index (χ2v) is 9.48. The minimum Gasteiger partial charge on any atom is -0.506 e. The zero-order chi connectivity index (χ0) is 25.0. The molecule has 0 spiro atoms. The van der Waals surface area contributed by atoms with Gasteiger partial charge in [-0.3, -0.25) is 19.4 Å². The number of nitrogens with zero attached hydrogens (tertiary/aromatic N) is 2. The van der Waals surface area contributed by atoms with Gasteiger partial charge in [0.05, 0.1) is 10.4 Å². The number of halogens is 3. The minimum absolute atomic E-state index is 0.118. The molecule has 10 nitrogen and oxygen atoms in total. The van der Waals surface area contributed by atoms with Gasteiger partial charge in [-0.05, 0) is 23.8 Å². The van der Waals surface area contributed by atoms with Crippen molar-refractivity contribution in [2.45, 2.75) is 22.9 Å². The number of aromatic nitrogens is 2.